The molecule has 3 amide bonds. The number of nitrogens with zero attached hydrogens (tertiary/aromatic N) is 2. The molecule has 25 heavy (non-hydrogen) atoms. The van der Waals surface area contributed by atoms with Crippen LogP contribution in [0.25, 0.3) is 0 Å². The van der Waals surface area contributed by atoms with Crippen molar-refractivity contribution in [3.8, 4) is 0 Å². The molecule has 3 fully saturated rings. The number of para-hydroxylation sites is 1. The molecule has 2 saturated carbocycles. The molecule has 4 aliphatic carbocycles. The van der Waals surface area contributed by atoms with Gasteiger partial charge in [-0.05, 0) is 42.2 Å². The molecule has 1 aromatic rings. The summed E-state index contributed by atoms with van der Waals surface area (Å²) in [6.45, 7) is 1.48. The van der Waals surface area contributed by atoms with Gasteiger partial charge >= 0.3 is 0 Å². The Morgan fingerprint density at radius 3 is 2.12 bits per heavy atom. The highest BCUT2D eigenvalue weighted by molar-refractivity contribution is 6.07. The quantitative estimate of drug-likeness (QED) is 0.627. The Balaban J connectivity index is 1.45. The minimum Gasteiger partial charge on any atom is -0.294 e. The van der Waals surface area contributed by atoms with Crippen LogP contribution >= 0.6 is 0 Å². The summed E-state index contributed by atoms with van der Waals surface area (Å²) in [6, 6.07) is 9.20. The molecular formula is C20H20N2O3. The van der Waals surface area contributed by atoms with Gasteiger partial charge in [0.05, 0.1) is 11.8 Å². The summed E-state index contributed by atoms with van der Waals surface area (Å²) >= 11 is 0. The zero-order chi connectivity index (χ0) is 17.3. The number of carbonyl (C=O) groups is 3. The third-order valence-corrected chi connectivity index (χ3v) is 6.48. The van der Waals surface area contributed by atoms with Crippen LogP contribution < -0.4 is 4.90 Å². The third-order valence-electron chi connectivity index (χ3n) is 6.48. The van der Waals surface area contributed by atoms with Gasteiger partial charge in [0.2, 0.25) is 17.7 Å². The van der Waals surface area contributed by atoms with Gasteiger partial charge in [-0.3, -0.25) is 24.2 Å². The molecule has 1 aliphatic heterocycles. The van der Waals surface area contributed by atoms with Gasteiger partial charge in [0.15, 0.2) is 0 Å². The van der Waals surface area contributed by atoms with Gasteiger partial charge in [-0.1, -0.05) is 30.4 Å². The van der Waals surface area contributed by atoms with Crippen molar-refractivity contribution in [3.05, 3.63) is 42.5 Å². The Morgan fingerprint density at radius 1 is 1.04 bits per heavy atom. The van der Waals surface area contributed by atoms with E-state index in [0.29, 0.717) is 17.5 Å². The summed E-state index contributed by atoms with van der Waals surface area (Å²) in [5.74, 6) is 0.811. The molecule has 6 rings (SSSR count). The van der Waals surface area contributed by atoms with Crippen LogP contribution in [0, 0.1) is 35.5 Å². The third kappa shape index (κ3) is 1.98. The summed E-state index contributed by atoms with van der Waals surface area (Å²) < 4.78 is 0. The summed E-state index contributed by atoms with van der Waals surface area (Å²) in [4.78, 5) is 41.0. The predicted molar refractivity (Wildman–Crippen MR) is 91.0 cm³/mol. The lowest BCUT2D eigenvalue weighted by Crippen LogP contribution is -2.44. The fraction of sp³-hybridized carbons (Fsp3) is 0.450. The topological polar surface area (TPSA) is 57.7 Å². The van der Waals surface area contributed by atoms with Gasteiger partial charge in [0.1, 0.15) is 6.67 Å². The molecule has 6 atom stereocenters. The second kappa shape index (κ2) is 5.04. The predicted octanol–water partition coefficient (Wildman–Crippen LogP) is 2.05. The molecule has 0 N–H and O–H groups in total. The van der Waals surface area contributed by atoms with Gasteiger partial charge in [0.25, 0.3) is 0 Å². The zero-order valence-electron chi connectivity index (χ0n) is 14.0. The van der Waals surface area contributed by atoms with Crippen LogP contribution in [-0.2, 0) is 14.4 Å². The average molecular weight is 336 g/mol. The molecule has 5 aliphatic rings. The summed E-state index contributed by atoms with van der Waals surface area (Å²) in [7, 11) is 0. The van der Waals surface area contributed by atoms with Crippen LogP contribution in [0.4, 0.5) is 5.69 Å². The first-order valence-electron chi connectivity index (χ1n) is 8.94. The first-order valence-corrected chi connectivity index (χ1v) is 8.94. The standard InChI is InChI=1S/C20H20N2O3/c1-11(23)21(12-5-3-2-4-6-12)10-22-19(24)17-13-7-8-14(16-9-15(13)16)18(17)20(22)25/h2-8,13-18H,9-10H2,1H3/t13-,14-,15-,16-,17+,18+/m1/s1. The van der Waals surface area contributed by atoms with Crippen molar-refractivity contribution in [1.29, 1.82) is 0 Å². The Kier molecular flexibility index (Phi) is 3.00. The molecule has 1 saturated heterocycles. The highest BCUT2D eigenvalue weighted by Crippen LogP contribution is 2.65. The molecule has 0 spiro atoms. The average Bonchev–Trinajstić information content (AvgIpc) is 3.40. The molecule has 0 radical (unpaired) electrons. The lowest BCUT2D eigenvalue weighted by atomic mass is 9.63. The van der Waals surface area contributed by atoms with E-state index >= 15 is 0 Å². The molecule has 1 aromatic carbocycles. The van der Waals surface area contributed by atoms with E-state index in [1.807, 2.05) is 30.3 Å². The molecular weight excluding hydrogens is 316 g/mol. The number of allylic oxidation sites excluding steroid dienone is 2. The number of benzene rings is 1. The van der Waals surface area contributed by atoms with Gasteiger partial charge in [-0.25, -0.2) is 0 Å². The molecule has 2 bridgehead atoms. The summed E-state index contributed by atoms with van der Waals surface area (Å²) in [5, 5.41) is 0. The number of amides is 3. The van der Waals surface area contributed by atoms with E-state index in [1.165, 1.54) is 16.7 Å². The van der Waals surface area contributed by atoms with E-state index in [9.17, 15) is 14.4 Å². The number of carbonyl (C=O) groups excluding carboxylic acids is 3. The summed E-state index contributed by atoms with van der Waals surface area (Å²) in [6.07, 6.45) is 5.47. The monoisotopic (exact) mass is 336 g/mol. The van der Waals surface area contributed by atoms with Crippen molar-refractivity contribution >= 4 is 23.4 Å². The Labute approximate surface area is 146 Å². The number of imide groups is 1. The van der Waals surface area contributed by atoms with Gasteiger partial charge in [-0.2, -0.15) is 0 Å². The Bertz CT molecular complexity index is 766. The van der Waals surface area contributed by atoms with Crippen molar-refractivity contribution in [2.45, 2.75) is 13.3 Å². The van der Waals surface area contributed by atoms with Crippen molar-refractivity contribution in [3.63, 3.8) is 0 Å². The Morgan fingerprint density at radius 2 is 1.60 bits per heavy atom. The smallest absolute Gasteiger partial charge is 0.235 e. The van der Waals surface area contributed by atoms with Crippen LogP contribution in [0.5, 0.6) is 0 Å². The van der Waals surface area contributed by atoms with E-state index in [1.54, 1.807) is 0 Å². The number of likely N-dealkylation sites (tertiary alicyclic amines) is 1. The normalized spacial score (nSPS) is 37.1. The van der Waals surface area contributed by atoms with E-state index in [4.69, 9.17) is 0 Å². The van der Waals surface area contributed by atoms with Gasteiger partial charge in [0, 0.05) is 12.6 Å². The number of rotatable bonds is 3. The molecule has 0 unspecified atom stereocenters. The van der Waals surface area contributed by atoms with Crippen molar-refractivity contribution in [2.75, 3.05) is 11.6 Å². The zero-order valence-corrected chi connectivity index (χ0v) is 14.0. The fourth-order valence-electron chi connectivity index (χ4n) is 5.27. The number of hydrogen-bond donors (Lipinski definition) is 0. The largest absolute Gasteiger partial charge is 0.294 e. The number of anilines is 1. The van der Waals surface area contributed by atoms with E-state index in [2.05, 4.69) is 12.2 Å². The van der Waals surface area contributed by atoms with Crippen LogP contribution in [0.3, 0.4) is 0 Å². The Hall–Kier alpha value is -2.43. The maximum Gasteiger partial charge on any atom is 0.235 e. The van der Waals surface area contributed by atoms with Crippen LogP contribution in [0.1, 0.15) is 13.3 Å². The molecule has 128 valence electrons. The van der Waals surface area contributed by atoms with Crippen molar-refractivity contribution < 1.29 is 14.4 Å². The molecule has 0 aromatic heterocycles. The highest BCUT2D eigenvalue weighted by atomic mass is 16.2. The number of hydrogen-bond acceptors (Lipinski definition) is 3. The minimum absolute atomic E-state index is 0.0127. The fourth-order valence-corrected chi connectivity index (χ4v) is 5.27. The second-order valence-corrected chi connectivity index (χ2v) is 7.68. The molecule has 1 heterocycles. The lowest BCUT2D eigenvalue weighted by Gasteiger charge is -2.37. The van der Waals surface area contributed by atoms with E-state index < -0.39 is 0 Å². The van der Waals surface area contributed by atoms with Crippen LogP contribution in [-0.4, -0.2) is 29.3 Å². The molecule has 5 nitrogen and oxygen atoms in total. The van der Waals surface area contributed by atoms with Crippen molar-refractivity contribution in [1.82, 2.24) is 4.90 Å². The van der Waals surface area contributed by atoms with Crippen LogP contribution in [0.15, 0.2) is 42.5 Å². The summed E-state index contributed by atoms with van der Waals surface area (Å²) in [5.41, 5.74) is 0.703. The van der Waals surface area contributed by atoms with Crippen molar-refractivity contribution in [2.24, 2.45) is 35.5 Å². The molecule has 5 heteroatoms. The minimum atomic E-state index is -0.212. The van der Waals surface area contributed by atoms with E-state index in [0.717, 1.165) is 6.42 Å². The highest BCUT2D eigenvalue weighted by Gasteiger charge is 2.67. The second-order valence-electron chi connectivity index (χ2n) is 7.68. The maximum absolute atomic E-state index is 13.0. The van der Waals surface area contributed by atoms with E-state index in [-0.39, 0.29) is 48.1 Å². The maximum atomic E-state index is 13.0. The first kappa shape index (κ1) is 14.9. The van der Waals surface area contributed by atoms with Gasteiger partial charge in [-0.15, -0.1) is 0 Å². The van der Waals surface area contributed by atoms with Gasteiger partial charge < -0.3 is 0 Å². The first-order chi connectivity index (χ1) is 12.1. The lowest BCUT2D eigenvalue weighted by molar-refractivity contribution is -0.140. The van der Waals surface area contributed by atoms with Crippen LogP contribution in [0.2, 0.25) is 0 Å². The SMILES string of the molecule is CC(=O)N(CN1C(=O)[C@H]2[C@@H]3C=C[C@H]([C@H]4C[C@H]34)[C@@H]2C1=O)c1ccccc1.